The Bertz CT molecular complexity index is 428. The molecule has 1 heterocycles. The van der Waals surface area contributed by atoms with Gasteiger partial charge in [0.25, 0.3) is 6.39 Å². The Labute approximate surface area is 90.2 Å². The van der Waals surface area contributed by atoms with Crippen molar-refractivity contribution in [3.05, 3.63) is 40.8 Å². The minimum absolute atomic E-state index is 0.217. The van der Waals surface area contributed by atoms with Crippen LogP contribution in [0.4, 0.5) is 0 Å². The highest BCUT2D eigenvalue weighted by Crippen LogP contribution is 2.31. The predicted octanol–water partition coefficient (Wildman–Crippen LogP) is 3.57. The molecule has 1 radical (unpaired) electrons. The Morgan fingerprint density at radius 1 is 1.36 bits per heavy atom. The molecule has 0 fully saturated rings. The van der Waals surface area contributed by atoms with Gasteiger partial charge in [-0.15, -0.1) is 0 Å². The summed E-state index contributed by atoms with van der Waals surface area (Å²) in [6.07, 6.45) is 3.64. The fourth-order valence-electron chi connectivity index (χ4n) is 0.888. The molecule has 0 atom stereocenters. The highest BCUT2D eigenvalue weighted by molar-refractivity contribution is 6.34. The first kappa shape index (κ1) is 9.37. The van der Waals surface area contributed by atoms with E-state index in [1.165, 1.54) is 6.20 Å². The van der Waals surface area contributed by atoms with Crippen molar-refractivity contribution in [1.82, 2.24) is 4.98 Å². The van der Waals surface area contributed by atoms with Gasteiger partial charge in [-0.2, -0.15) is 0 Å². The highest BCUT2D eigenvalue weighted by atomic mass is 35.5. The van der Waals surface area contributed by atoms with Crippen LogP contribution in [-0.4, -0.2) is 4.98 Å². The third-order valence-electron chi connectivity index (χ3n) is 1.47. The van der Waals surface area contributed by atoms with Crippen LogP contribution < -0.4 is 4.74 Å². The lowest BCUT2D eigenvalue weighted by atomic mass is 10.3. The van der Waals surface area contributed by atoms with Crippen LogP contribution in [0, 0.1) is 6.39 Å². The summed E-state index contributed by atoms with van der Waals surface area (Å²) in [5, 5.41) is 0.985. The van der Waals surface area contributed by atoms with Crippen LogP contribution in [0.5, 0.6) is 11.7 Å². The Balaban J connectivity index is 2.28. The largest absolute Gasteiger partial charge is 0.423 e. The average molecular weight is 229 g/mol. The second-order valence-corrected chi connectivity index (χ2v) is 3.29. The van der Waals surface area contributed by atoms with E-state index in [-0.39, 0.29) is 5.95 Å². The van der Waals surface area contributed by atoms with E-state index in [1.54, 1.807) is 18.2 Å². The molecule has 14 heavy (non-hydrogen) atoms. The zero-order valence-electron chi connectivity index (χ0n) is 6.83. The highest BCUT2D eigenvalue weighted by Gasteiger charge is 2.05. The lowest BCUT2D eigenvalue weighted by molar-refractivity contribution is 0.343. The number of ether oxygens (including phenoxy) is 1. The first-order valence-corrected chi connectivity index (χ1v) is 4.46. The van der Waals surface area contributed by atoms with Crippen LogP contribution in [0.3, 0.4) is 0 Å². The van der Waals surface area contributed by atoms with E-state index >= 15 is 0 Å². The molecule has 1 aromatic carbocycles. The van der Waals surface area contributed by atoms with Crippen molar-refractivity contribution in [3.8, 4) is 11.7 Å². The molecular weight excluding hydrogens is 225 g/mol. The second-order valence-electron chi connectivity index (χ2n) is 2.45. The number of aromatic nitrogens is 1. The van der Waals surface area contributed by atoms with E-state index in [2.05, 4.69) is 11.4 Å². The lowest BCUT2D eigenvalue weighted by Gasteiger charge is -2.03. The van der Waals surface area contributed by atoms with Crippen molar-refractivity contribution < 1.29 is 9.15 Å². The van der Waals surface area contributed by atoms with E-state index in [0.29, 0.717) is 15.8 Å². The summed E-state index contributed by atoms with van der Waals surface area (Å²) < 4.78 is 10.0. The number of nitrogens with zero attached hydrogens (tertiary/aromatic N) is 1. The maximum absolute atomic E-state index is 5.86. The molecule has 3 nitrogen and oxygen atoms in total. The van der Waals surface area contributed by atoms with E-state index in [4.69, 9.17) is 32.4 Å². The summed E-state index contributed by atoms with van der Waals surface area (Å²) in [4.78, 5) is 3.58. The fourth-order valence-corrected chi connectivity index (χ4v) is 1.21. The normalized spacial score (nSPS) is 10.1. The molecule has 0 saturated carbocycles. The van der Waals surface area contributed by atoms with Crippen LogP contribution in [0.1, 0.15) is 0 Å². The molecule has 5 heteroatoms. The van der Waals surface area contributed by atoms with Gasteiger partial charge in [0, 0.05) is 11.1 Å². The summed E-state index contributed by atoms with van der Waals surface area (Å²) in [6, 6.07) is 4.90. The van der Waals surface area contributed by atoms with E-state index in [0.717, 1.165) is 0 Å². The van der Waals surface area contributed by atoms with Crippen molar-refractivity contribution in [2.45, 2.75) is 0 Å². The Morgan fingerprint density at radius 3 is 2.93 bits per heavy atom. The summed E-state index contributed by atoms with van der Waals surface area (Å²) in [5.41, 5.74) is 0. The number of hydrogen-bond donors (Lipinski definition) is 0. The standard InChI is InChI=1S/C9H4Cl2NO2/c10-6-1-2-7(11)8(3-6)14-9-4-12-5-13-9/h1-4H. The summed E-state index contributed by atoms with van der Waals surface area (Å²) in [5.74, 6) is 0.637. The second kappa shape index (κ2) is 3.90. The van der Waals surface area contributed by atoms with E-state index < -0.39 is 0 Å². The fraction of sp³-hybridized carbons (Fsp3) is 0. The molecule has 0 amide bonds. The van der Waals surface area contributed by atoms with Crippen LogP contribution >= 0.6 is 23.2 Å². The maximum atomic E-state index is 5.86. The molecule has 0 N–H and O–H groups in total. The summed E-state index contributed by atoms with van der Waals surface area (Å²) in [6.45, 7) is 0. The maximum Gasteiger partial charge on any atom is 0.311 e. The monoisotopic (exact) mass is 228 g/mol. The third-order valence-corrected chi connectivity index (χ3v) is 2.02. The Morgan fingerprint density at radius 2 is 2.21 bits per heavy atom. The van der Waals surface area contributed by atoms with Gasteiger partial charge in [-0.1, -0.05) is 23.2 Å². The molecule has 0 saturated heterocycles. The van der Waals surface area contributed by atoms with Gasteiger partial charge in [0.2, 0.25) is 0 Å². The third kappa shape index (κ3) is 2.00. The topological polar surface area (TPSA) is 35.3 Å². The summed E-state index contributed by atoms with van der Waals surface area (Å²) in [7, 11) is 0. The first-order chi connectivity index (χ1) is 6.75. The molecular formula is C9H4Cl2NO2. The smallest absolute Gasteiger partial charge is 0.311 e. The predicted molar refractivity (Wildman–Crippen MR) is 51.9 cm³/mol. The van der Waals surface area contributed by atoms with Crippen LogP contribution in [-0.2, 0) is 0 Å². The number of hydrogen-bond acceptors (Lipinski definition) is 3. The van der Waals surface area contributed by atoms with Gasteiger partial charge in [0.1, 0.15) is 6.20 Å². The Hall–Kier alpha value is -1.19. The molecule has 0 aliphatic rings. The van der Waals surface area contributed by atoms with Crippen LogP contribution in [0.2, 0.25) is 10.0 Å². The number of halogens is 2. The van der Waals surface area contributed by atoms with Gasteiger partial charge in [-0.25, -0.2) is 4.98 Å². The van der Waals surface area contributed by atoms with Crippen molar-refractivity contribution >= 4 is 23.2 Å². The SMILES string of the molecule is Clc1ccc(Cl)c(Oc2cn[c]o2)c1. The minimum Gasteiger partial charge on any atom is -0.423 e. The van der Waals surface area contributed by atoms with Crippen LogP contribution in [0.25, 0.3) is 0 Å². The van der Waals surface area contributed by atoms with Gasteiger partial charge in [-0.05, 0) is 12.1 Å². The quantitative estimate of drug-likeness (QED) is 0.789. The van der Waals surface area contributed by atoms with Gasteiger partial charge in [-0.3, -0.25) is 0 Å². The van der Waals surface area contributed by atoms with Crippen molar-refractivity contribution in [2.24, 2.45) is 0 Å². The summed E-state index contributed by atoms with van der Waals surface area (Å²) >= 11 is 11.6. The lowest BCUT2D eigenvalue weighted by Crippen LogP contribution is -1.82. The van der Waals surface area contributed by atoms with Crippen molar-refractivity contribution in [3.63, 3.8) is 0 Å². The molecule has 0 bridgehead atoms. The van der Waals surface area contributed by atoms with Crippen molar-refractivity contribution in [2.75, 3.05) is 0 Å². The van der Waals surface area contributed by atoms with E-state index in [1.807, 2.05) is 0 Å². The van der Waals surface area contributed by atoms with Gasteiger partial charge >= 0.3 is 5.95 Å². The molecule has 71 valence electrons. The van der Waals surface area contributed by atoms with Gasteiger partial charge in [0.05, 0.1) is 5.02 Å². The van der Waals surface area contributed by atoms with E-state index in [9.17, 15) is 0 Å². The van der Waals surface area contributed by atoms with Gasteiger partial charge in [0.15, 0.2) is 5.75 Å². The molecule has 0 aliphatic heterocycles. The molecule has 0 aliphatic carbocycles. The molecule has 2 rings (SSSR count). The molecule has 2 aromatic rings. The van der Waals surface area contributed by atoms with Gasteiger partial charge < -0.3 is 9.15 Å². The number of benzene rings is 1. The molecule has 0 spiro atoms. The van der Waals surface area contributed by atoms with Crippen LogP contribution in [0.15, 0.2) is 28.8 Å². The zero-order chi connectivity index (χ0) is 9.97. The zero-order valence-corrected chi connectivity index (χ0v) is 8.34. The average Bonchev–Trinajstić information content (AvgIpc) is 2.64. The minimum atomic E-state index is 0.217. The number of oxazole rings is 1. The molecule has 0 unspecified atom stereocenters. The Kier molecular flexibility index (Phi) is 2.61. The van der Waals surface area contributed by atoms with Crippen molar-refractivity contribution in [1.29, 1.82) is 0 Å². The first-order valence-electron chi connectivity index (χ1n) is 3.70. The molecule has 1 aromatic heterocycles. The number of rotatable bonds is 2.